The third kappa shape index (κ3) is 5.09. The number of hydrogen-bond donors (Lipinski definition) is 0. The van der Waals surface area contributed by atoms with Gasteiger partial charge in [0.1, 0.15) is 0 Å². The Kier molecular flexibility index (Phi) is 6.72. The van der Waals surface area contributed by atoms with E-state index in [1.807, 2.05) is 32.9 Å². The van der Waals surface area contributed by atoms with Gasteiger partial charge >= 0.3 is 6.18 Å². The Hall–Kier alpha value is -3.21. The van der Waals surface area contributed by atoms with Crippen molar-refractivity contribution in [1.82, 2.24) is 29.3 Å². The Bertz CT molecular complexity index is 1370. The van der Waals surface area contributed by atoms with Crippen LogP contribution in [-0.2, 0) is 19.3 Å². The molecular formula is C24H24BrF3N6O. The zero-order valence-electron chi connectivity index (χ0n) is 19.6. The number of carbonyl (C=O) groups is 1. The molecule has 4 aromatic rings. The maximum absolute atomic E-state index is 13.9. The van der Waals surface area contributed by atoms with Gasteiger partial charge in [0.15, 0.2) is 17.0 Å². The first-order valence-electron chi connectivity index (χ1n) is 11.0. The molecule has 7 nitrogen and oxygen atoms in total. The molecule has 3 aromatic heterocycles. The predicted octanol–water partition coefficient (Wildman–Crippen LogP) is 5.79. The second kappa shape index (κ2) is 9.44. The van der Waals surface area contributed by atoms with Crippen molar-refractivity contribution >= 4 is 27.5 Å². The summed E-state index contributed by atoms with van der Waals surface area (Å²) in [7, 11) is 1.55. The SMILES string of the molecule is CCn1cc(Br)c(CN(C)C(=O)c2cc3nc(-c4ccc(C(C)C)cc4)cc(C(F)(F)F)n3n2)n1. The van der Waals surface area contributed by atoms with E-state index < -0.39 is 17.8 Å². The van der Waals surface area contributed by atoms with E-state index >= 15 is 0 Å². The highest BCUT2D eigenvalue weighted by Gasteiger charge is 2.36. The lowest BCUT2D eigenvalue weighted by Gasteiger charge is -2.14. The summed E-state index contributed by atoms with van der Waals surface area (Å²) >= 11 is 3.42. The number of fused-ring (bicyclic) bond motifs is 1. The second-order valence-electron chi connectivity index (χ2n) is 8.54. The summed E-state index contributed by atoms with van der Waals surface area (Å²) in [5.41, 5.74) is 1.21. The molecule has 184 valence electrons. The van der Waals surface area contributed by atoms with Crippen LogP contribution in [0.1, 0.15) is 54.1 Å². The highest BCUT2D eigenvalue weighted by molar-refractivity contribution is 9.10. The van der Waals surface area contributed by atoms with Crippen LogP contribution in [0.15, 0.2) is 47.1 Å². The number of aryl methyl sites for hydroxylation is 1. The van der Waals surface area contributed by atoms with Gasteiger partial charge in [-0.1, -0.05) is 38.1 Å². The zero-order valence-corrected chi connectivity index (χ0v) is 21.2. The minimum absolute atomic E-state index is 0.0593. The topological polar surface area (TPSA) is 68.3 Å². The fraction of sp³-hybridized carbons (Fsp3) is 0.333. The molecule has 0 atom stereocenters. The Labute approximate surface area is 208 Å². The number of amides is 1. The Morgan fingerprint density at radius 1 is 1.14 bits per heavy atom. The van der Waals surface area contributed by atoms with Gasteiger partial charge in [-0.05, 0) is 40.4 Å². The molecule has 1 aromatic carbocycles. The van der Waals surface area contributed by atoms with Crippen molar-refractivity contribution < 1.29 is 18.0 Å². The monoisotopic (exact) mass is 548 g/mol. The molecule has 11 heteroatoms. The van der Waals surface area contributed by atoms with Crippen molar-refractivity contribution in [3.8, 4) is 11.3 Å². The minimum atomic E-state index is -4.69. The number of halogens is 4. The van der Waals surface area contributed by atoms with Gasteiger partial charge in [0, 0.05) is 31.4 Å². The van der Waals surface area contributed by atoms with Gasteiger partial charge in [-0.3, -0.25) is 9.48 Å². The lowest BCUT2D eigenvalue weighted by molar-refractivity contribution is -0.142. The molecule has 0 spiro atoms. The molecular weight excluding hydrogens is 525 g/mol. The summed E-state index contributed by atoms with van der Waals surface area (Å²) in [6.07, 6.45) is -2.89. The van der Waals surface area contributed by atoms with Gasteiger partial charge in [0.25, 0.3) is 5.91 Å². The van der Waals surface area contributed by atoms with Crippen molar-refractivity contribution in [2.45, 2.75) is 46.0 Å². The fourth-order valence-electron chi connectivity index (χ4n) is 3.67. The van der Waals surface area contributed by atoms with Crippen LogP contribution in [0.5, 0.6) is 0 Å². The van der Waals surface area contributed by atoms with E-state index in [1.165, 1.54) is 11.0 Å². The average molecular weight is 549 g/mol. The van der Waals surface area contributed by atoms with E-state index in [9.17, 15) is 18.0 Å². The molecule has 35 heavy (non-hydrogen) atoms. The van der Waals surface area contributed by atoms with Gasteiger partial charge in [-0.15, -0.1) is 0 Å². The standard InChI is InChI=1S/C24H24BrF3N6O/c1-5-33-12-17(25)20(30-33)13-32(4)23(35)19-11-22-29-18(10-21(24(26,27)28)34(22)31-19)16-8-6-15(7-9-16)14(2)3/h6-12,14H,5,13H2,1-4H3. The summed E-state index contributed by atoms with van der Waals surface area (Å²) in [6, 6.07) is 9.47. The van der Waals surface area contributed by atoms with E-state index in [0.717, 1.165) is 16.1 Å². The molecule has 0 radical (unpaired) electrons. The van der Waals surface area contributed by atoms with Gasteiger partial charge < -0.3 is 4.90 Å². The van der Waals surface area contributed by atoms with Crippen LogP contribution in [0.4, 0.5) is 13.2 Å². The van der Waals surface area contributed by atoms with E-state index in [-0.39, 0.29) is 23.6 Å². The molecule has 4 rings (SSSR count). The number of nitrogens with zero attached hydrogens (tertiary/aromatic N) is 6. The van der Waals surface area contributed by atoms with Gasteiger partial charge in [-0.25, -0.2) is 9.50 Å². The lowest BCUT2D eigenvalue weighted by Crippen LogP contribution is -2.27. The van der Waals surface area contributed by atoms with E-state index in [4.69, 9.17) is 0 Å². The number of aromatic nitrogens is 5. The van der Waals surface area contributed by atoms with Crippen LogP contribution < -0.4 is 0 Å². The predicted molar refractivity (Wildman–Crippen MR) is 129 cm³/mol. The van der Waals surface area contributed by atoms with Gasteiger partial charge in [0.2, 0.25) is 0 Å². The van der Waals surface area contributed by atoms with Crippen molar-refractivity contribution in [3.63, 3.8) is 0 Å². The van der Waals surface area contributed by atoms with Crippen LogP contribution >= 0.6 is 15.9 Å². The summed E-state index contributed by atoms with van der Waals surface area (Å²) in [4.78, 5) is 18.7. The number of hydrogen-bond acceptors (Lipinski definition) is 4. The largest absolute Gasteiger partial charge is 0.433 e. The maximum atomic E-state index is 13.9. The molecule has 0 bridgehead atoms. The maximum Gasteiger partial charge on any atom is 0.433 e. The molecule has 0 aliphatic heterocycles. The zero-order chi connectivity index (χ0) is 25.5. The summed E-state index contributed by atoms with van der Waals surface area (Å²) in [5.74, 6) is -0.244. The molecule has 0 aliphatic carbocycles. The number of benzene rings is 1. The Morgan fingerprint density at radius 2 is 1.83 bits per heavy atom. The first kappa shape index (κ1) is 24.9. The first-order chi connectivity index (χ1) is 16.5. The van der Waals surface area contributed by atoms with Crippen LogP contribution in [0.3, 0.4) is 0 Å². The number of alkyl halides is 3. The second-order valence-corrected chi connectivity index (χ2v) is 9.40. The first-order valence-corrected chi connectivity index (χ1v) is 11.8. The van der Waals surface area contributed by atoms with Crippen molar-refractivity contribution in [1.29, 1.82) is 0 Å². The minimum Gasteiger partial charge on any atom is -0.334 e. The highest BCUT2D eigenvalue weighted by Crippen LogP contribution is 2.33. The molecule has 0 aliphatic rings. The third-order valence-corrected chi connectivity index (χ3v) is 6.32. The smallest absolute Gasteiger partial charge is 0.334 e. The Balaban J connectivity index is 1.71. The van der Waals surface area contributed by atoms with Gasteiger partial charge in [-0.2, -0.15) is 23.4 Å². The van der Waals surface area contributed by atoms with Gasteiger partial charge in [0.05, 0.1) is 22.4 Å². The highest BCUT2D eigenvalue weighted by atomic mass is 79.9. The van der Waals surface area contributed by atoms with Crippen LogP contribution in [-0.4, -0.2) is 42.2 Å². The summed E-state index contributed by atoms with van der Waals surface area (Å²) in [6.45, 7) is 6.84. The summed E-state index contributed by atoms with van der Waals surface area (Å²) < 4.78 is 44.9. The fourth-order valence-corrected chi connectivity index (χ4v) is 4.11. The molecule has 3 heterocycles. The molecule has 0 saturated heterocycles. The third-order valence-electron chi connectivity index (χ3n) is 5.65. The van der Waals surface area contributed by atoms with Crippen LogP contribution in [0.25, 0.3) is 16.9 Å². The van der Waals surface area contributed by atoms with Crippen LogP contribution in [0, 0.1) is 0 Å². The Morgan fingerprint density at radius 3 is 2.40 bits per heavy atom. The molecule has 1 amide bonds. The normalized spacial score (nSPS) is 12.0. The van der Waals surface area contributed by atoms with E-state index in [1.54, 1.807) is 30.1 Å². The van der Waals surface area contributed by atoms with E-state index in [2.05, 4.69) is 31.1 Å². The number of rotatable bonds is 6. The number of carbonyl (C=O) groups excluding carboxylic acids is 1. The van der Waals surface area contributed by atoms with E-state index in [0.29, 0.717) is 28.2 Å². The van der Waals surface area contributed by atoms with Crippen molar-refractivity contribution in [2.75, 3.05) is 7.05 Å². The van der Waals surface area contributed by atoms with Crippen LogP contribution in [0.2, 0.25) is 0 Å². The van der Waals surface area contributed by atoms with Crippen molar-refractivity contribution in [2.24, 2.45) is 0 Å². The molecule has 0 N–H and O–H groups in total. The lowest BCUT2D eigenvalue weighted by atomic mass is 10.0. The van der Waals surface area contributed by atoms with Crippen molar-refractivity contribution in [3.05, 3.63) is 69.7 Å². The molecule has 0 fully saturated rings. The quantitative estimate of drug-likeness (QED) is 0.306. The molecule has 0 unspecified atom stereocenters. The molecule has 0 saturated carbocycles. The average Bonchev–Trinajstić information content (AvgIpc) is 3.40. The summed E-state index contributed by atoms with van der Waals surface area (Å²) in [5, 5.41) is 8.35.